The molecule has 0 fully saturated rings. The molecule has 0 aliphatic heterocycles. The van der Waals surface area contributed by atoms with Crippen molar-refractivity contribution < 1.29 is 5.11 Å². The second-order valence-corrected chi connectivity index (χ2v) is 7.60. The Kier molecular flexibility index (Phi) is 5.05. The number of H-pyrrole nitrogens is 2. The predicted molar refractivity (Wildman–Crippen MR) is 121 cm³/mol. The highest BCUT2D eigenvalue weighted by molar-refractivity contribution is 5.96. The zero-order valence-electron chi connectivity index (χ0n) is 17.1. The normalized spacial score (nSPS) is 12.5. The lowest BCUT2D eigenvalue weighted by Gasteiger charge is -2.14. The van der Waals surface area contributed by atoms with Gasteiger partial charge in [0.1, 0.15) is 11.9 Å². The number of anilines is 1. The molecule has 31 heavy (non-hydrogen) atoms. The molecule has 0 radical (unpaired) electrons. The van der Waals surface area contributed by atoms with Crippen molar-refractivity contribution in [2.75, 3.05) is 5.32 Å². The first-order chi connectivity index (χ1) is 15.2. The zero-order valence-corrected chi connectivity index (χ0v) is 17.1. The summed E-state index contributed by atoms with van der Waals surface area (Å²) in [5, 5.41) is 22.8. The average Bonchev–Trinajstić information content (AvgIpc) is 3.41. The van der Waals surface area contributed by atoms with Gasteiger partial charge in [-0.3, -0.25) is 20.1 Å². The highest BCUT2D eigenvalue weighted by Crippen LogP contribution is 2.30. The van der Waals surface area contributed by atoms with Gasteiger partial charge in [0, 0.05) is 40.4 Å². The topological polar surface area (TPSA) is 115 Å². The van der Waals surface area contributed by atoms with Gasteiger partial charge in [-0.2, -0.15) is 5.10 Å². The second-order valence-electron chi connectivity index (χ2n) is 7.60. The van der Waals surface area contributed by atoms with Gasteiger partial charge in [-0.15, -0.1) is 0 Å². The van der Waals surface area contributed by atoms with Crippen LogP contribution >= 0.6 is 0 Å². The lowest BCUT2D eigenvalue weighted by molar-refractivity contribution is 0.190. The highest BCUT2D eigenvalue weighted by Gasteiger charge is 2.13. The first-order valence-corrected chi connectivity index (χ1v) is 10.4. The molecule has 0 aliphatic carbocycles. The Morgan fingerprint density at radius 3 is 2.87 bits per heavy atom. The van der Waals surface area contributed by atoms with Crippen LogP contribution in [0.25, 0.3) is 44.5 Å². The van der Waals surface area contributed by atoms with Gasteiger partial charge in [0.05, 0.1) is 35.0 Å². The number of rotatable bonds is 7. The first kappa shape index (κ1) is 19.2. The van der Waals surface area contributed by atoms with Gasteiger partial charge < -0.3 is 15.4 Å². The van der Waals surface area contributed by atoms with E-state index in [9.17, 15) is 5.11 Å². The smallest absolute Gasteiger partial charge is 0.124 e. The number of aromatic nitrogens is 6. The first-order valence-electron chi connectivity index (χ1n) is 10.4. The van der Waals surface area contributed by atoms with Gasteiger partial charge in [-0.1, -0.05) is 13.3 Å². The Bertz CT molecular complexity index is 1310. The van der Waals surface area contributed by atoms with Crippen LogP contribution in [0.4, 0.5) is 5.69 Å². The minimum absolute atomic E-state index is 0.593. The minimum atomic E-state index is -0.593. The van der Waals surface area contributed by atoms with Gasteiger partial charge in [0.25, 0.3) is 0 Å². The Morgan fingerprint density at radius 2 is 2.00 bits per heavy atom. The molecule has 0 bridgehead atoms. The molecule has 5 aromatic heterocycles. The van der Waals surface area contributed by atoms with E-state index in [4.69, 9.17) is 0 Å². The third-order valence-electron chi connectivity index (χ3n) is 5.32. The fourth-order valence-electron chi connectivity index (χ4n) is 3.70. The van der Waals surface area contributed by atoms with Crippen LogP contribution in [0.15, 0.2) is 55.2 Å². The number of unbranched alkanes of at least 4 members (excludes halogenated alkanes) is 1. The van der Waals surface area contributed by atoms with Crippen molar-refractivity contribution in [3.05, 3.63) is 55.2 Å². The molecule has 5 rings (SSSR count). The summed E-state index contributed by atoms with van der Waals surface area (Å²) in [6, 6.07) is 7.94. The van der Waals surface area contributed by atoms with Crippen LogP contribution < -0.4 is 5.32 Å². The van der Waals surface area contributed by atoms with Crippen molar-refractivity contribution in [2.24, 2.45) is 0 Å². The van der Waals surface area contributed by atoms with E-state index >= 15 is 0 Å². The van der Waals surface area contributed by atoms with Crippen molar-refractivity contribution in [2.45, 2.75) is 32.4 Å². The van der Waals surface area contributed by atoms with Crippen molar-refractivity contribution in [3.8, 4) is 22.6 Å². The molecule has 4 N–H and O–H groups in total. The Labute approximate surface area is 178 Å². The molecular formula is C23H23N7O. The standard InChI is InChI=1S/C23H23N7O/c1-2-3-4-22(31)27-16-7-14(11-25-12-16)19-9-17-21(13-26-19)29-30-23(17)20-8-15-10-24-6-5-18(15)28-20/h5-13,22,27-28,31H,2-4H2,1H3,(H,29,30). The molecule has 5 aromatic rings. The number of fused-ring (bicyclic) bond motifs is 2. The fraction of sp³-hybridized carbons (Fsp3) is 0.217. The molecule has 0 aromatic carbocycles. The molecule has 0 amide bonds. The summed E-state index contributed by atoms with van der Waals surface area (Å²) in [7, 11) is 0. The van der Waals surface area contributed by atoms with Crippen molar-refractivity contribution in [1.82, 2.24) is 30.1 Å². The van der Waals surface area contributed by atoms with Crippen molar-refractivity contribution >= 4 is 27.5 Å². The summed E-state index contributed by atoms with van der Waals surface area (Å²) in [6.45, 7) is 2.10. The molecule has 8 nitrogen and oxygen atoms in total. The van der Waals surface area contributed by atoms with Gasteiger partial charge in [-0.25, -0.2) is 0 Å². The summed E-state index contributed by atoms with van der Waals surface area (Å²) in [5.41, 5.74) is 6.02. The molecule has 1 unspecified atom stereocenters. The van der Waals surface area contributed by atoms with Crippen LogP contribution in [0.5, 0.6) is 0 Å². The highest BCUT2D eigenvalue weighted by atomic mass is 16.3. The van der Waals surface area contributed by atoms with E-state index in [1.165, 1.54) is 0 Å². The van der Waals surface area contributed by atoms with E-state index in [2.05, 4.69) is 42.4 Å². The van der Waals surface area contributed by atoms with Gasteiger partial charge >= 0.3 is 0 Å². The van der Waals surface area contributed by atoms with Crippen LogP contribution in [0.3, 0.4) is 0 Å². The number of hydrogen-bond acceptors (Lipinski definition) is 6. The molecule has 0 saturated heterocycles. The summed E-state index contributed by atoms with van der Waals surface area (Å²) in [5.74, 6) is 0. The molecule has 0 saturated carbocycles. The van der Waals surface area contributed by atoms with Crippen LogP contribution in [-0.4, -0.2) is 41.5 Å². The SMILES string of the molecule is CCCCC(O)Nc1cncc(-c2cc3c(-c4cc5cnccc5[nH]4)n[nH]c3cn2)c1. The predicted octanol–water partition coefficient (Wildman–Crippen LogP) is 4.48. The lowest BCUT2D eigenvalue weighted by atomic mass is 10.1. The monoisotopic (exact) mass is 413 g/mol. The quantitative estimate of drug-likeness (QED) is 0.292. The number of aromatic amines is 2. The number of nitrogens with zero attached hydrogens (tertiary/aromatic N) is 4. The van der Waals surface area contributed by atoms with Crippen molar-refractivity contribution in [3.63, 3.8) is 0 Å². The zero-order chi connectivity index (χ0) is 21.2. The molecule has 0 spiro atoms. The van der Waals surface area contributed by atoms with E-state index in [0.29, 0.717) is 6.42 Å². The average molecular weight is 413 g/mol. The fourth-order valence-corrected chi connectivity index (χ4v) is 3.70. The Hall–Kier alpha value is -3.78. The third-order valence-corrected chi connectivity index (χ3v) is 5.32. The summed E-state index contributed by atoms with van der Waals surface area (Å²) in [4.78, 5) is 16.5. The molecule has 8 heteroatoms. The number of nitrogens with one attached hydrogen (secondary N) is 3. The van der Waals surface area contributed by atoms with E-state index in [1.807, 2.05) is 30.5 Å². The van der Waals surface area contributed by atoms with Gasteiger partial charge in [-0.05, 0) is 37.1 Å². The maximum atomic E-state index is 10.2. The molecule has 0 aliphatic rings. The minimum Gasteiger partial charge on any atom is -0.374 e. The molecule has 1 atom stereocenters. The van der Waals surface area contributed by atoms with Crippen LogP contribution in [0.1, 0.15) is 26.2 Å². The molecule has 5 heterocycles. The number of hydrogen-bond donors (Lipinski definition) is 4. The van der Waals surface area contributed by atoms with Crippen molar-refractivity contribution in [1.29, 1.82) is 0 Å². The van der Waals surface area contributed by atoms with E-state index in [1.54, 1.807) is 24.8 Å². The van der Waals surface area contributed by atoms with E-state index in [0.717, 1.165) is 63.0 Å². The number of pyridine rings is 3. The maximum Gasteiger partial charge on any atom is 0.124 e. The maximum absolute atomic E-state index is 10.2. The van der Waals surface area contributed by atoms with Crippen LogP contribution in [0, 0.1) is 0 Å². The Balaban J connectivity index is 1.49. The number of aliphatic hydroxyl groups excluding tert-OH is 1. The summed E-state index contributed by atoms with van der Waals surface area (Å²) in [6.07, 6.45) is 11.0. The second kappa shape index (κ2) is 8.16. The molecular weight excluding hydrogens is 390 g/mol. The van der Waals surface area contributed by atoms with Gasteiger partial charge in [0.2, 0.25) is 0 Å². The summed E-state index contributed by atoms with van der Waals surface area (Å²) >= 11 is 0. The molecule has 156 valence electrons. The van der Waals surface area contributed by atoms with E-state index in [-0.39, 0.29) is 0 Å². The van der Waals surface area contributed by atoms with Crippen LogP contribution in [-0.2, 0) is 0 Å². The third kappa shape index (κ3) is 3.85. The lowest BCUT2D eigenvalue weighted by Crippen LogP contribution is -2.18. The Morgan fingerprint density at radius 1 is 1.06 bits per heavy atom. The van der Waals surface area contributed by atoms with Crippen LogP contribution in [0.2, 0.25) is 0 Å². The number of aliphatic hydroxyl groups is 1. The van der Waals surface area contributed by atoms with E-state index < -0.39 is 6.23 Å². The van der Waals surface area contributed by atoms with Gasteiger partial charge in [0.15, 0.2) is 0 Å². The summed E-state index contributed by atoms with van der Waals surface area (Å²) < 4.78 is 0. The largest absolute Gasteiger partial charge is 0.374 e.